The monoisotopic (exact) mass is 1310 g/mol. The van der Waals surface area contributed by atoms with Crippen LogP contribution in [0.15, 0.2) is 140 Å². The first-order valence-electron chi connectivity index (χ1n) is 31.3. The van der Waals surface area contributed by atoms with Crippen LogP contribution in [0.3, 0.4) is 0 Å². The van der Waals surface area contributed by atoms with Crippen molar-refractivity contribution in [1.82, 2.24) is 98.7 Å². The van der Waals surface area contributed by atoms with E-state index in [1.807, 2.05) is 187 Å². The summed E-state index contributed by atoms with van der Waals surface area (Å²) in [6.45, 7) is 42.5. The molecular weight excluding hydrogens is 1210 g/mol. The van der Waals surface area contributed by atoms with Crippen LogP contribution >= 0.6 is 0 Å². The number of nitrogens with zero attached hydrogens (tertiary/aromatic N) is 20. The minimum absolute atomic E-state index is 0.0185. The lowest BCUT2D eigenvalue weighted by atomic mass is 10.2. The quantitative estimate of drug-likeness (QED) is 0.136. The summed E-state index contributed by atoms with van der Waals surface area (Å²) in [5.41, 5.74) is 15.0. The first kappa shape index (κ1) is 84.1. The van der Waals surface area contributed by atoms with E-state index in [-0.39, 0.29) is 18.0 Å². The van der Waals surface area contributed by atoms with E-state index in [0.717, 1.165) is 112 Å². The Morgan fingerprint density at radius 1 is 0.385 bits per heavy atom. The number of amides is 2. The molecule has 24 heteroatoms. The van der Waals surface area contributed by atoms with E-state index in [1.54, 1.807) is 79.7 Å². The molecule has 10 aromatic rings. The number of imidazole rings is 1. The average Bonchev–Trinajstić information content (AvgIpc) is 2.14. The largest absolute Gasteiger partial charge is 0.353 e. The van der Waals surface area contributed by atoms with Crippen LogP contribution in [0.4, 0.5) is 4.79 Å². The van der Waals surface area contributed by atoms with Crippen LogP contribution in [0, 0.1) is 131 Å². The molecule has 24 nitrogen and oxygen atoms in total. The number of aromatic nitrogens is 18. The van der Waals surface area contributed by atoms with Gasteiger partial charge in [0.1, 0.15) is 29.6 Å². The van der Waals surface area contributed by atoms with Gasteiger partial charge in [0.15, 0.2) is 6.29 Å². The number of urea groups is 1. The maximum Gasteiger partial charge on any atom is 0.327 e. The Morgan fingerprint density at radius 2 is 0.854 bits per heavy atom. The van der Waals surface area contributed by atoms with Gasteiger partial charge in [-0.15, -0.1) is 0 Å². The molecular formula is C72H104N20O4. The van der Waals surface area contributed by atoms with E-state index in [9.17, 15) is 9.59 Å². The highest BCUT2D eigenvalue weighted by Crippen LogP contribution is 2.09. The van der Waals surface area contributed by atoms with Crippen LogP contribution in [0.1, 0.15) is 116 Å². The van der Waals surface area contributed by atoms with Crippen molar-refractivity contribution < 1.29 is 14.3 Å². The van der Waals surface area contributed by atoms with Gasteiger partial charge in [-0.1, -0.05) is 19.1 Å². The minimum Gasteiger partial charge on any atom is -0.353 e. The fourth-order valence-electron chi connectivity index (χ4n) is 6.87. The van der Waals surface area contributed by atoms with Gasteiger partial charge < -0.3 is 28.4 Å². The Hall–Kier alpha value is -9.94. The van der Waals surface area contributed by atoms with Crippen LogP contribution in [0.5, 0.6) is 0 Å². The van der Waals surface area contributed by atoms with Gasteiger partial charge in [0.05, 0.1) is 47.4 Å². The third kappa shape index (κ3) is 42.3. The lowest BCUT2D eigenvalue weighted by Gasteiger charge is -2.24. The van der Waals surface area contributed by atoms with Crippen LogP contribution in [0.25, 0.3) is 0 Å². The van der Waals surface area contributed by atoms with E-state index >= 15 is 0 Å². The number of carbonyl (C=O) groups excluding carboxylic acids is 1. The van der Waals surface area contributed by atoms with Gasteiger partial charge in [0, 0.05) is 157 Å². The van der Waals surface area contributed by atoms with Crippen LogP contribution in [0.2, 0.25) is 0 Å². The number of likely N-dealkylation sites (N-methyl/N-ethyl adjacent to an activating group) is 2. The van der Waals surface area contributed by atoms with Gasteiger partial charge in [0.2, 0.25) is 0 Å². The predicted molar refractivity (Wildman–Crippen MR) is 380 cm³/mol. The minimum atomic E-state index is 0.0185. The fourth-order valence-corrected chi connectivity index (χ4v) is 6.87. The summed E-state index contributed by atoms with van der Waals surface area (Å²) < 4.78 is 13.4. The first-order valence-corrected chi connectivity index (χ1v) is 31.3. The zero-order valence-electron chi connectivity index (χ0n) is 61.3. The molecule has 2 aliphatic rings. The first-order chi connectivity index (χ1) is 45.3. The molecule has 12 heterocycles. The standard InChI is InChI=1S/3C7H9N.5C6H8N2.C6H12O2.C5H7N3.C5H10N2O.C5H8N2O/c1-6-3-4-8-7(2)5-6;1-6-3-4-7(2)8-5-6;1-6-4-3-5-8-7(6)2;2*1-5-3-8-6(2)4-7-5;1-5-3-7-4-6(2)8-5;1-5-3-7-6(2)8-4-5;1-5-3-4-7-6(2)8-5;1-5-3-7-6(2)8-4-5;1-4-6-3-7-5(2)8-4;2*1-6-3-4-7(2)5(6)8/h3*3-5H,1-2H3;5*3-4H,1-2H3;5-6H,3-4H2,1-2H3;3H,1-2H3;3-4H2,1-2H3;3-4H,1-2H3. The van der Waals surface area contributed by atoms with Crippen molar-refractivity contribution in [3.63, 3.8) is 0 Å². The van der Waals surface area contributed by atoms with Crippen molar-refractivity contribution in [3.05, 3.63) is 249 Å². The van der Waals surface area contributed by atoms with Gasteiger partial charge in [-0.3, -0.25) is 44.9 Å². The summed E-state index contributed by atoms with van der Waals surface area (Å²) in [7, 11) is 7.07. The van der Waals surface area contributed by atoms with E-state index in [0.29, 0.717) is 5.92 Å². The summed E-state index contributed by atoms with van der Waals surface area (Å²) in [4.78, 5) is 88.7. The van der Waals surface area contributed by atoms with Crippen molar-refractivity contribution in [1.29, 1.82) is 0 Å². The average molecular weight is 1310 g/mol. The van der Waals surface area contributed by atoms with Gasteiger partial charge in [0.25, 0.3) is 0 Å². The number of aryl methyl sites for hydroxylation is 20. The van der Waals surface area contributed by atoms with Gasteiger partial charge >= 0.3 is 11.7 Å². The molecule has 0 bridgehead atoms. The Labute approximate surface area is 570 Å². The van der Waals surface area contributed by atoms with Crippen molar-refractivity contribution in [2.75, 3.05) is 40.4 Å². The Kier molecular flexibility index (Phi) is 41.9. The predicted octanol–water partition coefficient (Wildman–Crippen LogP) is 11.8. The van der Waals surface area contributed by atoms with E-state index < -0.39 is 0 Å². The zero-order valence-corrected chi connectivity index (χ0v) is 61.3. The van der Waals surface area contributed by atoms with E-state index in [2.05, 4.69) is 119 Å². The van der Waals surface area contributed by atoms with Gasteiger partial charge in [-0.2, -0.15) is 0 Å². The topological polar surface area (TPSA) is 275 Å². The summed E-state index contributed by atoms with van der Waals surface area (Å²) in [5, 5.41) is 0. The molecule has 96 heavy (non-hydrogen) atoms. The van der Waals surface area contributed by atoms with E-state index in [4.69, 9.17) is 9.47 Å². The molecule has 0 unspecified atom stereocenters. The molecule has 2 saturated heterocycles. The molecule has 2 amide bonds. The Balaban J connectivity index is 0.000000524. The van der Waals surface area contributed by atoms with Crippen molar-refractivity contribution >= 4 is 6.03 Å². The van der Waals surface area contributed by atoms with Crippen LogP contribution < -0.4 is 5.69 Å². The maximum atomic E-state index is 10.8. The second-order valence-electron chi connectivity index (χ2n) is 22.7. The van der Waals surface area contributed by atoms with Gasteiger partial charge in [-0.05, 0) is 184 Å². The highest BCUT2D eigenvalue weighted by atomic mass is 16.7. The summed E-state index contributed by atoms with van der Waals surface area (Å²) in [6, 6.07) is 14.1. The SMILES string of the molecule is CC1COC(C)OC1.CN1CCN(C)C1=O.Cc1ccc(C)nc1.Cc1cccnc1C.Cc1ccnc(C)c1.Cc1ccnc(C)n1.Cc1cnc(C)cn1.Cc1cnc(C)cn1.Cc1cnc(C)nc1.Cc1cncc(C)n1.Cc1ncnc(C)n1.Cn1ccn(C)c1=O. The van der Waals surface area contributed by atoms with Crippen molar-refractivity contribution in [2.24, 2.45) is 20.0 Å². The molecule has 0 aromatic carbocycles. The molecule has 2 aliphatic heterocycles. The molecule has 12 rings (SSSR count). The number of ether oxygens (including phenoxy) is 2. The van der Waals surface area contributed by atoms with Crippen LogP contribution in [-0.2, 0) is 23.6 Å². The highest BCUT2D eigenvalue weighted by Gasteiger charge is 2.20. The molecule has 0 radical (unpaired) electrons. The Morgan fingerprint density at radius 3 is 1.12 bits per heavy atom. The van der Waals surface area contributed by atoms with Crippen molar-refractivity contribution in [2.45, 2.75) is 145 Å². The molecule has 0 aliphatic carbocycles. The second-order valence-corrected chi connectivity index (χ2v) is 22.7. The molecule has 0 saturated carbocycles. The third-order valence-electron chi connectivity index (χ3n) is 12.5. The molecule has 0 spiro atoms. The maximum absolute atomic E-state index is 10.8. The number of carbonyl (C=O) groups is 1. The summed E-state index contributed by atoms with van der Waals surface area (Å²) in [5.74, 6) is 3.79. The lowest BCUT2D eigenvalue weighted by Crippen LogP contribution is -2.27. The van der Waals surface area contributed by atoms with Crippen LogP contribution in [-0.4, -0.2) is 151 Å². The molecule has 516 valence electrons. The van der Waals surface area contributed by atoms with E-state index in [1.165, 1.54) is 32.2 Å². The summed E-state index contributed by atoms with van der Waals surface area (Å²) >= 11 is 0. The third-order valence-corrected chi connectivity index (χ3v) is 12.5. The fraction of sp³-hybridized carbons (Fsp3) is 0.417. The number of hydrogen-bond donors (Lipinski definition) is 0. The number of rotatable bonds is 0. The molecule has 2 fully saturated rings. The smallest absolute Gasteiger partial charge is 0.327 e. The number of hydrogen-bond acceptors (Lipinski definition) is 20. The highest BCUT2D eigenvalue weighted by molar-refractivity contribution is 5.75. The Bertz CT molecular complexity index is 3180. The molecule has 0 atom stereocenters. The second kappa shape index (κ2) is 47.9. The zero-order chi connectivity index (χ0) is 72.1. The molecule has 0 N–H and O–H groups in total. The van der Waals surface area contributed by atoms with Crippen molar-refractivity contribution in [3.8, 4) is 0 Å². The molecule has 10 aromatic heterocycles. The normalized spacial score (nSPS) is 12.8. The van der Waals surface area contributed by atoms with Gasteiger partial charge in [-0.25, -0.2) is 44.5 Å². The number of pyridine rings is 3. The summed E-state index contributed by atoms with van der Waals surface area (Å²) in [6.07, 6.45) is 26.4. The lowest BCUT2D eigenvalue weighted by molar-refractivity contribution is -0.187.